The molecule has 7 heteroatoms. The highest BCUT2D eigenvalue weighted by molar-refractivity contribution is 7.07. The fourth-order valence-electron chi connectivity index (χ4n) is 1.52. The lowest BCUT2D eigenvalue weighted by molar-refractivity contribution is 0.726. The van der Waals surface area contributed by atoms with E-state index in [1.54, 1.807) is 17.7 Å². The lowest BCUT2D eigenvalue weighted by atomic mass is 10.3. The van der Waals surface area contributed by atoms with Crippen LogP contribution < -0.4 is 10.6 Å². The minimum absolute atomic E-state index is 0.603. The van der Waals surface area contributed by atoms with Crippen LogP contribution in [0.3, 0.4) is 0 Å². The van der Waals surface area contributed by atoms with Gasteiger partial charge in [-0.3, -0.25) is 0 Å². The number of nitrogens with zero attached hydrogens (tertiary/aromatic N) is 4. The Morgan fingerprint density at radius 2 is 2.37 bits per heavy atom. The number of aromatic nitrogens is 3. The molecule has 0 spiro atoms. The van der Waals surface area contributed by atoms with Gasteiger partial charge in [0, 0.05) is 13.6 Å². The largest absolute Gasteiger partial charge is 0.357 e. The van der Waals surface area contributed by atoms with Gasteiger partial charge in [-0.25, -0.2) is 4.99 Å². The van der Waals surface area contributed by atoms with E-state index in [4.69, 9.17) is 0 Å². The number of hydrogen-bond donors (Lipinski definition) is 2. The second-order valence-corrected chi connectivity index (χ2v) is 4.82. The molecule has 2 N–H and O–H groups in total. The van der Waals surface area contributed by atoms with E-state index in [9.17, 15) is 0 Å². The van der Waals surface area contributed by atoms with Gasteiger partial charge in [0.05, 0.1) is 13.1 Å². The number of guanidine groups is 1. The topological polar surface area (TPSA) is 67.1 Å². The smallest absolute Gasteiger partial charge is 0.191 e. The first-order valence-electron chi connectivity index (χ1n) is 6.15. The predicted molar refractivity (Wildman–Crippen MR) is 77.0 cm³/mol. The van der Waals surface area contributed by atoms with Gasteiger partial charge in [0.15, 0.2) is 11.8 Å². The van der Waals surface area contributed by atoms with Crippen molar-refractivity contribution in [1.82, 2.24) is 25.4 Å². The van der Waals surface area contributed by atoms with Gasteiger partial charge in [-0.1, -0.05) is 0 Å². The van der Waals surface area contributed by atoms with Gasteiger partial charge in [-0.2, -0.15) is 11.3 Å². The van der Waals surface area contributed by atoms with Crippen molar-refractivity contribution in [2.45, 2.75) is 20.0 Å². The first kappa shape index (κ1) is 13.5. The Morgan fingerprint density at radius 3 is 3.00 bits per heavy atom. The van der Waals surface area contributed by atoms with Crippen molar-refractivity contribution >= 4 is 17.3 Å². The average Bonchev–Trinajstić information content (AvgIpc) is 3.04. The molecule has 19 heavy (non-hydrogen) atoms. The van der Waals surface area contributed by atoms with E-state index in [1.165, 1.54) is 5.56 Å². The van der Waals surface area contributed by atoms with E-state index < -0.39 is 0 Å². The van der Waals surface area contributed by atoms with Crippen molar-refractivity contribution in [3.63, 3.8) is 0 Å². The number of nitrogens with one attached hydrogen (secondary N) is 2. The molecule has 0 amide bonds. The molecule has 2 rings (SSSR count). The van der Waals surface area contributed by atoms with Gasteiger partial charge in [0.2, 0.25) is 0 Å². The normalized spacial score (nSPS) is 11.6. The summed E-state index contributed by atoms with van der Waals surface area (Å²) in [5.74, 6) is 1.66. The van der Waals surface area contributed by atoms with Gasteiger partial charge in [0.25, 0.3) is 0 Å². The summed E-state index contributed by atoms with van der Waals surface area (Å²) in [4.78, 5) is 4.53. The Bertz CT molecular complexity index is 516. The van der Waals surface area contributed by atoms with Crippen molar-refractivity contribution in [2.75, 3.05) is 6.54 Å². The van der Waals surface area contributed by atoms with Gasteiger partial charge in [0.1, 0.15) is 6.33 Å². The number of aryl methyl sites for hydroxylation is 1. The summed E-state index contributed by atoms with van der Waals surface area (Å²) in [6.07, 6.45) is 1.69. The average molecular weight is 278 g/mol. The summed E-state index contributed by atoms with van der Waals surface area (Å²) in [5.41, 5.74) is 1.22. The minimum atomic E-state index is 0.603. The summed E-state index contributed by atoms with van der Waals surface area (Å²) < 4.78 is 1.88. The molecule has 0 fully saturated rings. The summed E-state index contributed by atoms with van der Waals surface area (Å²) in [6.45, 7) is 4.15. The molecule has 0 saturated carbocycles. The molecule has 0 radical (unpaired) electrons. The highest BCUT2D eigenvalue weighted by Gasteiger charge is 2.02. The van der Waals surface area contributed by atoms with E-state index in [2.05, 4.69) is 42.6 Å². The Labute approximate surface area is 116 Å². The van der Waals surface area contributed by atoms with Crippen LogP contribution in [0.5, 0.6) is 0 Å². The van der Waals surface area contributed by atoms with Crippen LogP contribution in [0.1, 0.15) is 18.3 Å². The lowest BCUT2D eigenvalue weighted by Crippen LogP contribution is -2.37. The van der Waals surface area contributed by atoms with Gasteiger partial charge >= 0.3 is 0 Å². The summed E-state index contributed by atoms with van der Waals surface area (Å²) in [7, 11) is 1.92. The Kier molecular flexibility index (Phi) is 4.91. The van der Waals surface area contributed by atoms with Gasteiger partial charge in [-0.05, 0) is 29.3 Å². The quantitative estimate of drug-likeness (QED) is 0.635. The predicted octanol–water partition coefficient (Wildman–Crippen LogP) is 1.13. The maximum Gasteiger partial charge on any atom is 0.191 e. The molecule has 0 aliphatic heterocycles. The van der Waals surface area contributed by atoms with E-state index >= 15 is 0 Å². The molecular weight excluding hydrogens is 260 g/mol. The molecule has 2 aromatic rings. The first-order chi connectivity index (χ1) is 9.29. The standard InChI is InChI=1S/C12H18N6S/c1-3-13-12(14-6-10-4-5-19-8-10)15-7-11-17-16-9-18(11)2/h4-5,8-9H,3,6-7H2,1-2H3,(H2,13,14,15). The number of aliphatic imine (C=N–C) groups is 1. The van der Waals surface area contributed by atoms with Crippen molar-refractivity contribution in [2.24, 2.45) is 12.0 Å². The van der Waals surface area contributed by atoms with Crippen LogP contribution in [0, 0.1) is 0 Å². The third kappa shape index (κ3) is 4.06. The van der Waals surface area contributed by atoms with Crippen molar-refractivity contribution in [3.05, 3.63) is 34.5 Å². The molecule has 0 aliphatic carbocycles. The second kappa shape index (κ2) is 6.89. The summed E-state index contributed by atoms with van der Waals surface area (Å²) in [5, 5.41) is 18.5. The monoisotopic (exact) mass is 278 g/mol. The van der Waals surface area contributed by atoms with Crippen LogP contribution in [0.15, 0.2) is 28.1 Å². The number of hydrogen-bond acceptors (Lipinski definition) is 4. The zero-order valence-corrected chi connectivity index (χ0v) is 11.9. The first-order valence-corrected chi connectivity index (χ1v) is 7.10. The fourth-order valence-corrected chi connectivity index (χ4v) is 2.18. The summed E-state index contributed by atoms with van der Waals surface area (Å²) in [6, 6.07) is 2.08. The molecule has 6 nitrogen and oxygen atoms in total. The zero-order valence-electron chi connectivity index (χ0n) is 11.1. The third-order valence-electron chi connectivity index (χ3n) is 2.56. The molecule has 0 bridgehead atoms. The lowest BCUT2D eigenvalue weighted by Gasteiger charge is -2.10. The molecule has 0 unspecified atom stereocenters. The Balaban J connectivity index is 1.92. The molecule has 102 valence electrons. The van der Waals surface area contributed by atoms with E-state index in [0.717, 1.165) is 18.3 Å². The second-order valence-electron chi connectivity index (χ2n) is 4.04. The van der Waals surface area contributed by atoms with Gasteiger partial charge in [-0.15, -0.1) is 10.2 Å². The highest BCUT2D eigenvalue weighted by Crippen LogP contribution is 2.06. The van der Waals surface area contributed by atoms with Crippen LogP contribution >= 0.6 is 11.3 Å². The molecule has 0 aromatic carbocycles. The molecular formula is C12H18N6S. The highest BCUT2D eigenvalue weighted by atomic mass is 32.1. The zero-order chi connectivity index (χ0) is 13.5. The van der Waals surface area contributed by atoms with Crippen LogP contribution in [0.4, 0.5) is 0 Å². The third-order valence-corrected chi connectivity index (χ3v) is 3.30. The maximum absolute atomic E-state index is 4.53. The molecule has 0 aliphatic rings. The van der Waals surface area contributed by atoms with E-state index in [1.807, 2.05) is 18.5 Å². The molecule has 2 aromatic heterocycles. The van der Waals surface area contributed by atoms with Crippen molar-refractivity contribution < 1.29 is 0 Å². The number of thiophene rings is 1. The molecule has 2 heterocycles. The Morgan fingerprint density at radius 1 is 1.47 bits per heavy atom. The van der Waals surface area contributed by atoms with Crippen LogP contribution in [-0.4, -0.2) is 27.3 Å². The van der Waals surface area contributed by atoms with Crippen LogP contribution in [-0.2, 0) is 20.1 Å². The van der Waals surface area contributed by atoms with Crippen molar-refractivity contribution in [1.29, 1.82) is 0 Å². The molecule has 0 atom stereocenters. The van der Waals surface area contributed by atoms with E-state index in [-0.39, 0.29) is 0 Å². The fraction of sp³-hybridized carbons (Fsp3) is 0.417. The minimum Gasteiger partial charge on any atom is -0.357 e. The SMILES string of the molecule is CCNC(=NCc1ccsc1)NCc1nncn1C. The summed E-state index contributed by atoms with van der Waals surface area (Å²) >= 11 is 1.69. The Hall–Kier alpha value is -1.89. The van der Waals surface area contributed by atoms with E-state index in [0.29, 0.717) is 13.1 Å². The van der Waals surface area contributed by atoms with Crippen molar-refractivity contribution in [3.8, 4) is 0 Å². The maximum atomic E-state index is 4.53. The van der Waals surface area contributed by atoms with Gasteiger partial charge < -0.3 is 15.2 Å². The van der Waals surface area contributed by atoms with Crippen LogP contribution in [0.2, 0.25) is 0 Å². The van der Waals surface area contributed by atoms with Crippen LogP contribution in [0.25, 0.3) is 0 Å². The number of rotatable bonds is 5. The molecule has 0 saturated heterocycles.